The van der Waals surface area contributed by atoms with Gasteiger partial charge in [0.15, 0.2) is 5.82 Å². The molecule has 1 unspecified atom stereocenters. The zero-order valence-electron chi connectivity index (χ0n) is 29.7. The molecule has 3 saturated heterocycles. The summed E-state index contributed by atoms with van der Waals surface area (Å²) in [5, 5.41) is 24.6. The van der Waals surface area contributed by atoms with Crippen molar-refractivity contribution in [1.29, 1.82) is 5.26 Å². The molecule has 10 nitrogen and oxygen atoms in total. The highest BCUT2D eigenvalue weighted by molar-refractivity contribution is 6.43. The number of aryl methyl sites for hydroxylation is 2. The van der Waals surface area contributed by atoms with E-state index in [1.165, 1.54) is 30.6 Å². The van der Waals surface area contributed by atoms with E-state index < -0.39 is 5.82 Å². The first kappa shape index (κ1) is 37.8. The first-order chi connectivity index (χ1) is 25.0. The number of aromatic amines is 1. The Labute approximate surface area is 313 Å². The Hall–Kier alpha value is -3.92. The van der Waals surface area contributed by atoms with Crippen LogP contribution in [0.15, 0.2) is 42.2 Å². The molecule has 2 aromatic heterocycles. The average Bonchev–Trinajstić information content (AvgIpc) is 3.53. The molecule has 52 heavy (non-hydrogen) atoms. The fourth-order valence-corrected chi connectivity index (χ4v) is 7.81. The van der Waals surface area contributed by atoms with Crippen LogP contribution in [0.4, 0.5) is 4.39 Å². The number of aromatic nitrogens is 2. The van der Waals surface area contributed by atoms with Gasteiger partial charge in [-0.1, -0.05) is 35.3 Å². The van der Waals surface area contributed by atoms with Gasteiger partial charge in [-0.2, -0.15) is 5.26 Å². The van der Waals surface area contributed by atoms with Gasteiger partial charge in [-0.25, -0.2) is 15.2 Å². The molecule has 5 fully saturated rings. The third kappa shape index (κ3) is 8.02. The van der Waals surface area contributed by atoms with E-state index in [-0.39, 0.29) is 41.4 Å². The maximum absolute atomic E-state index is 16.3. The van der Waals surface area contributed by atoms with Gasteiger partial charge in [0.05, 0.1) is 40.0 Å². The topological polar surface area (TPSA) is 160 Å². The van der Waals surface area contributed by atoms with Crippen molar-refractivity contribution in [2.45, 2.75) is 77.3 Å². The highest BCUT2D eigenvalue weighted by Gasteiger charge is 2.39. The summed E-state index contributed by atoms with van der Waals surface area (Å²) in [5.41, 5.74) is 9.78. The molecule has 0 radical (unpaired) electrons. The van der Waals surface area contributed by atoms with Gasteiger partial charge in [0.1, 0.15) is 5.52 Å². The van der Waals surface area contributed by atoms with Crippen LogP contribution in [-0.2, 0) is 11.2 Å². The number of hydrogen-bond donors (Lipinski definition) is 5. The van der Waals surface area contributed by atoms with E-state index in [1.54, 1.807) is 18.2 Å². The third-order valence-electron chi connectivity index (χ3n) is 10.5. The number of likely N-dealkylation sites (tertiary alicyclic amines) is 1. The van der Waals surface area contributed by atoms with Crippen LogP contribution in [0.3, 0.4) is 0 Å². The summed E-state index contributed by atoms with van der Waals surface area (Å²) < 4.78 is 16.3. The second kappa shape index (κ2) is 16.4. The summed E-state index contributed by atoms with van der Waals surface area (Å²) in [4.78, 5) is 23.1. The first-order valence-electron chi connectivity index (χ1n) is 18.1. The van der Waals surface area contributed by atoms with Gasteiger partial charge >= 0.3 is 0 Å². The minimum atomic E-state index is -0.484. The van der Waals surface area contributed by atoms with Crippen LogP contribution in [-0.4, -0.2) is 63.2 Å². The molecule has 1 atom stereocenters. The van der Waals surface area contributed by atoms with Crippen molar-refractivity contribution in [1.82, 2.24) is 25.2 Å². The highest BCUT2D eigenvalue weighted by Crippen LogP contribution is 2.43. The second-order valence-corrected chi connectivity index (χ2v) is 15.0. The quantitative estimate of drug-likeness (QED) is 0.0951. The van der Waals surface area contributed by atoms with Crippen LogP contribution in [0.1, 0.15) is 74.9 Å². The number of carbonyl (C=O) groups is 1. The predicted molar refractivity (Wildman–Crippen MR) is 205 cm³/mol. The minimum Gasteiger partial charge on any atom is -0.399 e. The Morgan fingerprint density at radius 2 is 2.00 bits per heavy atom. The molecule has 1 amide bonds. The van der Waals surface area contributed by atoms with Crippen LogP contribution >= 0.6 is 23.2 Å². The lowest BCUT2D eigenvalue weighted by Gasteiger charge is -2.24. The van der Waals surface area contributed by atoms with Gasteiger partial charge in [0.2, 0.25) is 5.91 Å². The molecule has 0 spiro atoms. The molecular weight excluding hydrogens is 702 g/mol. The largest absolute Gasteiger partial charge is 0.399 e. The Kier molecular flexibility index (Phi) is 11.9. The SMILES string of the molecule is C1NC2CC1C2.CCN(N)/C=C(\N)CO.Cc1nc2c(F)c(-c3cccc(Cl)c3Cl)c(CCC#N)cc2c2[nH]c(C3CCCN3C(=O)C3CC3)cc12. The molecule has 13 heteroatoms. The predicted octanol–water partition coefficient (Wildman–Crippen LogP) is 7.01. The number of nitriles is 1. The number of fused-ring (bicyclic) bond motifs is 4. The van der Waals surface area contributed by atoms with Crippen LogP contribution < -0.4 is 16.9 Å². The lowest BCUT2D eigenvalue weighted by atomic mass is 9.87. The van der Waals surface area contributed by atoms with Gasteiger partial charge in [-0.3, -0.25) is 4.79 Å². The van der Waals surface area contributed by atoms with Crippen molar-refractivity contribution < 1.29 is 14.3 Å². The monoisotopic (exact) mass is 748 g/mol. The summed E-state index contributed by atoms with van der Waals surface area (Å²) in [7, 11) is 0. The molecule has 5 aliphatic rings. The zero-order chi connectivity index (χ0) is 37.1. The van der Waals surface area contributed by atoms with E-state index in [1.807, 2.05) is 24.8 Å². The van der Waals surface area contributed by atoms with Crippen molar-refractivity contribution in [3.63, 3.8) is 0 Å². The van der Waals surface area contributed by atoms with E-state index in [0.717, 1.165) is 60.8 Å². The van der Waals surface area contributed by atoms with E-state index in [4.69, 9.17) is 39.9 Å². The molecule has 2 bridgehead atoms. The Morgan fingerprint density at radius 1 is 1.23 bits per heavy atom. The number of H-pyrrole nitrogens is 1. The lowest BCUT2D eigenvalue weighted by molar-refractivity contribution is -0.133. The number of nitrogens with one attached hydrogen (secondary N) is 2. The molecule has 9 rings (SSSR count). The number of rotatable bonds is 8. The van der Waals surface area contributed by atoms with Crippen molar-refractivity contribution in [2.75, 3.05) is 26.2 Å². The number of amides is 1. The summed E-state index contributed by atoms with van der Waals surface area (Å²) in [6, 6.07) is 12.2. The summed E-state index contributed by atoms with van der Waals surface area (Å²) in [5.74, 6) is 6.32. The van der Waals surface area contributed by atoms with Crippen molar-refractivity contribution in [3.05, 3.63) is 75.0 Å². The molecule has 4 aromatic rings. The molecule has 276 valence electrons. The average molecular weight is 750 g/mol. The number of hydrogen-bond acceptors (Lipinski definition) is 8. The maximum atomic E-state index is 16.3. The number of nitrogens with two attached hydrogens (primary N) is 2. The number of halogens is 3. The van der Waals surface area contributed by atoms with Gasteiger partial charge in [0.25, 0.3) is 0 Å². The molecule has 7 N–H and O–H groups in total. The van der Waals surface area contributed by atoms with Gasteiger partial charge < -0.3 is 31.0 Å². The molecule has 2 aromatic carbocycles. The molecule has 2 aliphatic carbocycles. The van der Waals surface area contributed by atoms with Crippen LogP contribution in [0.25, 0.3) is 32.9 Å². The molecular formula is C39H47Cl2FN8O2. The van der Waals surface area contributed by atoms with Crippen molar-refractivity contribution >= 4 is 50.9 Å². The lowest BCUT2D eigenvalue weighted by Crippen LogP contribution is -2.31. The number of aliphatic hydroxyl groups excluding tert-OH is 1. The smallest absolute Gasteiger partial charge is 0.226 e. The van der Waals surface area contributed by atoms with E-state index in [2.05, 4.69) is 27.4 Å². The second-order valence-electron chi connectivity index (χ2n) is 14.2. The van der Waals surface area contributed by atoms with Crippen LogP contribution in [0, 0.1) is 35.9 Å². The Bertz CT molecular complexity index is 2000. The van der Waals surface area contributed by atoms with Gasteiger partial charge in [-0.05, 0) is 95.0 Å². The third-order valence-corrected chi connectivity index (χ3v) is 11.3. The number of aliphatic hydroxyl groups is 1. The first-order valence-corrected chi connectivity index (χ1v) is 18.9. The Morgan fingerprint density at radius 3 is 2.62 bits per heavy atom. The number of hydrazine groups is 1. The van der Waals surface area contributed by atoms with Crippen molar-refractivity contribution in [2.24, 2.45) is 23.4 Å². The van der Waals surface area contributed by atoms with E-state index >= 15 is 4.39 Å². The van der Waals surface area contributed by atoms with Crippen LogP contribution in [0.2, 0.25) is 10.0 Å². The number of carbonyl (C=O) groups excluding carboxylic acids is 1. The van der Waals surface area contributed by atoms with Gasteiger partial charge in [-0.15, -0.1) is 0 Å². The van der Waals surface area contributed by atoms with Crippen molar-refractivity contribution in [3.8, 4) is 17.2 Å². The van der Waals surface area contributed by atoms with E-state index in [9.17, 15) is 10.1 Å². The molecule has 5 heterocycles. The fourth-order valence-electron chi connectivity index (χ4n) is 7.41. The highest BCUT2D eigenvalue weighted by atomic mass is 35.5. The minimum absolute atomic E-state index is 0.0117. The maximum Gasteiger partial charge on any atom is 0.226 e. The summed E-state index contributed by atoms with van der Waals surface area (Å²) in [6.07, 6.45) is 8.85. The van der Waals surface area contributed by atoms with Gasteiger partial charge in [0, 0.05) is 71.0 Å². The fraction of sp³-hybridized carbons (Fsp3) is 0.462. The van der Waals surface area contributed by atoms with E-state index in [0.29, 0.717) is 51.5 Å². The molecule has 3 aliphatic heterocycles. The number of nitrogens with zero attached hydrogens (tertiary/aromatic N) is 4. The number of pyridine rings is 1. The molecule has 2 saturated carbocycles. The van der Waals surface area contributed by atoms with Crippen LogP contribution in [0.5, 0.6) is 0 Å². The zero-order valence-corrected chi connectivity index (χ0v) is 31.2. The summed E-state index contributed by atoms with van der Waals surface area (Å²) in [6.45, 7) is 6.38. The number of benzene rings is 2. The Balaban J connectivity index is 0.000000256. The standard InChI is InChI=1S/C29H25Cl2FN4O.C5H13N3O.C5H9N/c1-15-19-14-22(23-8-4-12-36(23)29(37)16-9-10-16)35-27(19)20-13-17(5-3-11-33)24(26(32)28(20)34-15)18-6-2-7-21(30)25(18)31;1-2-8(7)3-5(6)4-9;1-4-2-5(1)6-3-4/h2,6-7,13-14,16,23,35H,3-5,8-10,12H2,1H3;3,9H,2,4,6-7H2,1H3;4-6H,1-3H2/b;5-3-;. The normalized spacial score (nSPS) is 20.5. The summed E-state index contributed by atoms with van der Waals surface area (Å²) >= 11 is 12.8.